The fourth-order valence-electron chi connectivity index (χ4n) is 6.74. The van der Waals surface area contributed by atoms with Gasteiger partial charge in [0.05, 0.1) is 12.6 Å². The smallest absolute Gasteiger partial charge is 0.262 e. The summed E-state index contributed by atoms with van der Waals surface area (Å²) in [7, 11) is 1.71. The molecule has 0 amide bonds. The van der Waals surface area contributed by atoms with Crippen molar-refractivity contribution < 1.29 is 9.53 Å². The molecule has 4 heteroatoms. The van der Waals surface area contributed by atoms with Gasteiger partial charge in [-0.25, -0.2) is 0 Å². The van der Waals surface area contributed by atoms with Crippen molar-refractivity contribution in [3.8, 4) is 5.75 Å². The summed E-state index contributed by atoms with van der Waals surface area (Å²) in [5.41, 5.74) is 4.05. The number of ether oxygens (including phenoxy) is 1. The molecule has 0 saturated heterocycles. The van der Waals surface area contributed by atoms with Crippen molar-refractivity contribution in [1.29, 1.82) is 0 Å². The van der Waals surface area contributed by atoms with Crippen LogP contribution >= 0.6 is 11.6 Å². The zero-order valence-corrected chi connectivity index (χ0v) is 21.2. The van der Waals surface area contributed by atoms with Crippen molar-refractivity contribution in [3.05, 3.63) is 64.3 Å². The summed E-state index contributed by atoms with van der Waals surface area (Å²) in [6.45, 7) is 2.12. The molecule has 0 radical (unpaired) electrons. The van der Waals surface area contributed by atoms with Gasteiger partial charge in [0.25, 0.3) is 5.91 Å². The van der Waals surface area contributed by atoms with Crippen LogP contribution in [0.5, 0.6) is 5.75 Å². The maximum Gasteiger partial charge on any atom is 0.262 e. The number of hydrogen-bond donors (Lipinski definition) is 0. The van der Waals surface area contributed by atoms with Crippen molar-refractivity contribution in [2.75, 3.05) is 7.11 Å². The molecule has 0 aliphatic heterocycles. The van der Waals surface area contributed by atoms with Crippen LogP contribution in [0.25, 0.3) is 10.9 Å². The molecular formula is C30H36ClNO2. The van der Waals surface area contributed by atoms with Crippen LogP contribution in [0.15, 0.2) is 42.5 Å². The van der Waals surface area contributed by atoms with Crippen molar-refractivity contribution in [2.24, 2.45) is 11.8 Å². The zero-order valence-electron chi connectivity index (χ0n) is 20.5. The maximum atomic E-state index is 13.7. The predicted octanol–water partition coefficient (Wildman–Crippen LogP) is 8.54. The first-order valence-corrected chi connectivity index (χ1v) is 13.4. The summed E-state index contributed by atoms with van der Waals surface area (Å²) in [5, 5.41) is 1.81. The fraction of sp³-hybridized carbons (Fsp3) is 0.500. The summed E-state index contributed by atoms with van der Waals surface area (Å²) in [6.07, 6.45) is 13.5. The van der Waals surface area contributed by atoms with Gasteiger partial charge in [0.2, 0.25) is 0 Å². The van der Waals surface area contributed by atoms with Crippen LogP contribution in [0.3, 0.4) is 0 Å². The number of rotatable bonds is 4. The molecule has 2 aliphatic carbocycles. The van der Waals surface area contributed by atoms with Crippen LogP contribution in [0, 0.1) is 18.8 Å². The second kappa shape index (κ2) is 10.2. The lowest BCUT2D eigenvalue weighted by molar-refractivity contribution is 0.0963. The van der Waals surface area contributed by atoms with E-state index in [1.54, 1.807) is 19.2 Å². The van der Waals surface area contributed by atoms with E-state index in [0.717, 1.165) is 28.8 Å². The number of carbonyl (C=O) groups is 1. The molecule has 3 aromatic rings. The zero-order chi connectivity index (χ0) is 23.7. The number of methoxy groups -OCH3 is 1. The van der Waals surface area contributed by atoms with Crippen molar-refractivity contribution >= 4 is 28.4 Å². The van der Waals surface area contributed by atoms with Gasteiger partial charge >= 0.3 is 0 Å². The lowest BCUT2D eigenvalue weighted by Gasteiger charge is -2.29. The third-order valence-electron chi connectivity index (χ3n) is 8.49. The van der Waals surface area contributed by atoms with Gasteiger partial charge in [-0.2, -0.15) is 0 Å². The minimum absolute atomic E-state index is 0.00397. The van der Waals surface area contributed by atoms with Gasteiger partial charge in [0.15, 0.2) is 0 Å². The van der Waals surface area contributed by atoms with Crippen molar-refractivity contribution in [3.63, 3.8) is 0 Å². The van der Waals surface area contributed by atoms with Gasteiger partial charge in [-0.05, 0) is 92.0 Å². The number of carbonyl (C=O) groups excluding carboxylic acids is 1. The molecule has 1 aromatic heterocycles. The van der Waals surface area contributed by atoms with Gasteiger partial charge in [-0.3, -0.25) is 9.36 Å². The molecule has 2 aliphatic rings. The number of fused-ring (bicyclic) bond motifs is 1. The number of hydrogen-bond acceptors (Lipinski definition) is 2. The van der Waals surface area contributed by atoms with E-state index in [1.165, 1.54) is 75.2 Å². The van der Waals surface area contributed by atoms with Gasteiger partial charge in [-0.15, -0.1) is 0 Å². The van der Waals surface area contributed by atoms with Gasteiger partial charge in [0.1, 0.15) is 5.75 Å². The summed E-state index contributed by atoms with van der Waals surface area (Å²) in [5.74, 6) is 3.15. The van der Waals surface area contributed by atoms with E-state index in [2.05, 4.69) is 13.0 Å². The molecule has 3 nitrogen and oxygen atoms in total. The molecule has 180 valence electrons. The molecule has 1 heterocycles. The minimum atomic E-state index is 0.00397. The highest BCUT2D eigenvalue weighted by Gasteiger charge is 2.30. The van der Waals surface area contributed by atoms with Crippen LogP contribution in [-0.4, -0.2) is 17.6 Å². The van der Waals surface area contributed by atoms with E-state index in [1.807, 2.05) is 28.8 Å². The van der Waals surface area contributed by atoms with E-state index >= 15 is 0 Å². The first-order chi connectivity index (χ1) is 16.6. The second-order valence-electron chi connectivity index (χ2n) is 10.4. The molecule has 0 spiro atoms. The van der Waals surface area contributed by atoms with Crippen molar-refractivity contribution in [2.45, 2.75) is 77.0 Å². The molecule has 0 N–H and O–H groups in total. The largest absolute Gasteiger partial charge is 0.497 e. The highest BCUT2D eigenvalue weighted by Crippen LogP contribution is 2.44. The highest BCUT2D eigenvalue weighted by molar-refractivity contribution is 6.30. The molecule has 1 unspecified atom stereocenters. The Bertz CT molecular complexity index is 1160. The minimum Gasteiger partial charge on any atom is -0.497 e. The molecular weight excluding hydrogens is 442 g/mol. The van der Waals surface area contributed by atoms with Crippen LogP contribution in [0.2, 0.25) is 5.02 Å². The standard InChI is InChI=1S/C30H36ClNO2/c1-20-29(23-10-6-9-22(11-12-23)21-7-4-3-5-8-21)27-19-26(34-2)17-18-28(27)32(20)30(33)24-13-15-25(31)16-14-24/h13-19,21-23H,3-12H2,1-2H3/t22?,23-/m0/s1. The molecule has 0 bridgehead atoms. The third kappa shape index (κ3) is 4.52. The topological polar surface area (TPSA) is 31.2 Å². The van der Waals surface area contributed by atoms with Crippen LogP contribution < -0.4 is 4.74 Å². The molecule has 5 rings (SSSR count). The average Bonchev–Trinajstić information content (AvgIpc) is 3.00. The van der Waals surface area contributed by atoms with E-state index in [4.69, 9.17) is 16.3 Å². The fourth-order valence-corrected chi connectivity index (χ4v) is 6.87. The molecule has 2 aromatic carbocycles. The predicted molar refractivity (Wildman–Crippen MR) is 140 cm³/mol. The molecule has 2 fully saturated rings. The van der Waals surface area contributed by atoms with Gasteiger partial charge in [-0.1, -0.05) is 56.5 Å². The Balaban J connectivity index is 1.52. The Labute approximate surface area is 208 Å². The maximum absolute atomic E-state index is 13.7. The van der Waals surface area contributed by atoms with Crippen LogP contribution in [0.4, 0.5) is 0 Å². The molecule has 34 heavy (non-hydrogen) atoms. The summed E-state index contributed by atoms with van der Waals surface area (Å²) in [6, 6.07) is 13.3. The Kier molecular flexibility index (Phi) is 7.01. The Morgan fingerprint density at radius 3 is 2.32 bits per heavy atom. The number of halogens is 1. The lowest BCUT2D eigenvalue weighted by Crippen LogP contribution is -2.17. The normalized spacial score (nSPS) is 22.0. The van der Waals surface area contributed by atoms with Gasteiger partial charge < -0.3 is 4.74 Å². The van der Waals surface area contributed by atoms with E-state index in [0.29, 0.717) is 16.5 Å². The first kappa shape index (κ1) is 23.5. The number of nitrogens with zero attached hydrogens (tertiary/aromatic N) is 1. The first-order valence-electron chi connectivity index (χ1n) is 13.1. The van der Waals surface area contributed by atoms with Crippen LogP contribution in [-0.2, 0) is 0 Å². The quantitative estimate of drug-likeness (QED) is 0.352. The summed E-state index contributed by atoms with van der Waals surface area (Å²) in [4.78, 5) is 13.7. The van der Waals surface area contributed by atoms with E-state index < -0.39 is 0 Å². The SMILES string of the molecule is COc1ccc2c(c1)c([C@H]1CCCC(C3CCCCC3)CC1)c(C)n2C(=O)c1ccc(Cl)cc1. The monoisotopic (exact) mass is 477 g/mol. The molecule has 2 saturated carbocycles. The van der Waals surface area contributed by atoms with Crippen molar-refractivity contribution in [1.82, 2.24) is 4.57 Å². The molecule has 2 atom stereocenters. The Morgan fingerprint density at radius 2 is 1.59 bits per heavy atom. The van der Waals surface area contributed by atoms with Gasteiger partial charge in [0, 0.05) is 21.7 Å². The Morgan fingerprint density at radius 1 is 0.882 bits per heavy atom. The summed E-state index contributed by atoms with van der Waals surface area (Å²) >= 11 is 6.08. The number of benzene rings is 2. The number of aromatic nitrogens is 1. The third-order valence-corrected chi connectivity index (χ3v) is 8.74. The Hall–Kier alpha value is -2.26. The highest BCUT2D eigenvalue weighted by atomic mass is 35.5. The summed E-state index contributed by atoms with van der Waals surface area (Å²) < 4.78 is 7.50. The lowest BCUT2D eigenvalue weighted by atomic mass is 9.76. The van der Waals surface area contributed by atoms with E-state index in [-0.39, 0.29) is 5.91 Å². The average molecular weight is 478 g/mol. The van der Waals surface area contributed by atoms with E-state index in [9.17, 15) is 4.79 Å². The second-order valence-corrected chi connectivity index (χ2v) is 10.8. The van der Waals surface area contributed by atoms with Crippen LogP contribution in [0.1, 0.15) is 91.7 Å².